The lowest BCUT2D eigenvalue weighted by atomic mass is 9.98. The van der Waals surface area contributed by atoms with E-state index in [2.05, 4.69) is 11.0 Å². The van der Waals surface area contributed by atoms with Crippen molar-refractivity contribution in [3.05, 3.63) is 29.8 Å². The summed E-state index contributed by atoms with van der Waals surface area (Å²) in [6, 6.07) is 8.22. The monoisotopic (exact) mass is 283 g/mol. The summed E-state index contributed by atoms with van der Waals surface area (Å²) in [6.07, 6.45) is 3.90. The summed E-state index contributed by atoms with van der Waals surface area (Å²) < 4.78 is 0. The molecule has 0 aliphatic carbocycles. The van der Waals surface area contributed by atoms with Crippen LogP contribution >= 0.6 is 12.4 Å². The van der Waals surface area contributed by atoms with Crippen molar-refractivity contribution in [3.8, 4) is 0 Å². The Labute approximate surface area is 120 Å². The van der Waals surface area contributed by atoms with Crippen molar-refractivity contribution in [2.75, 3.05) is 12.3 Å². The van der Waals surface area contributed by atoms with Gasteiger partial charge in [-0.2, -0.15) is 0 Å². The van der Waals surface area contributed by atoms with Crippen LogP contribution in [0.1, 0.15) is 31.2 Å². The number of nitrogens with zero attached hydrogens (tertiary/aromatic N) is 1. The van der Waals surface area contributed by atoms with Crippen molar-refractivity contribution in [2.24, 2.45) is 5.73 Å². The second-order valence-electron chi connectivity index (χ2n) is 5.04. The molecule has 1 heterocycles. The third-order valence-corrected chi connectivity index (χ3v) is 3.52. The number of likely N-dealkylation sites (tertiary alicyclic amines) is 1. The Morgan fingerprint density at radius 3 is 2.84 bits per heavy atom. The topological polar surface area (TPSA) is 72.4 Å². The molecule has 4 N–H and O–H groups in total. The Hall–Kier alpha value is -1.26. The number of carbonyl (C=O) groups is 1. The summed E-state index contributed by atoms with van der Waals surface area (Å²) in [6.45, 7) is 1.88. The van der Waals surface area contributed by atoms with Gasteiger partial charge in [-0.15, -0.1) is 12.4 Å². The maximum Gasteiger partial charge on any atom is 0.218 e. The molecule has 1 saturated heterocycles. The van der Waals surface area contributed by atoms with Crippen molar-refractivity contribution in [2.45, 2.75) is 38.3 Å². The predicted molar refractivity (Wildman–Crippen MR) is 80.0 cm³/mol. The molecule has 0 bridgehead atoms. The van der Waals surface area contributed by atoms with E-state index in [0.717, 1.165) is 25.2 Å². The fourth-order valence-electron chi connectivity index (χ4n) is 2.66. The molecule has 106 valence electrons. The molecule has 1 amide bonds. The van der Waals surface area contributed by atoms with Crippen LogP contribution in [0.25, 0.3) is 0 Å². The summed E-state index contributed by atoms with van der Waals surface area (Å²) >= 11 is 0. The molecule has 0 aromatic heterocycles. The number of carbonyl (C=O) groups excluding carboxylic acids is 1. The van der Waals surface area contributed by atoms with E-state index in [1.165, 1.54) is 18.4 Å². The minimum atomic E-state index is -0.209. The SMILES string of the molecule is Cl.NC(=O)CC1CCCCN1Cc1cccc(N)c1. The third kappa shape index (κ3) is 4.73. The highest BCUT2D eigenvalue weighted by atomic mass is 35.5. The Balaban J connectivity index is 0.00000180. The van der Waals surface area contributed by atoms with Gasteiger partial charge in [0.1, 0.15) is 0 Å². The Bertz CT molecular complexity index is 425. The first-order chi connectivity index (χ1) is 8.65. The van der Waals surface area contributed by atoms with Crippen LogP contribution in [0, 0.1) is 0 Å². The maximum absolute atomic E-state index is 11.1. The van der Waals surface area contributed by atoms with Gasteiger partial charge in [0.05, 0.1) is 0 Å². The number of anilines is 1. The molecule has 1 atom stereocenters. The molecule has 1 aromatic carbocycles. The number of nitrogen functional groups attached to an aromatic ring is 1. The highest BCUT2D eigenvalue weighted by Crippen LogP contribution is 2.22. The van der Waals surface area contributed by atoms with Crippen molar-refractivity contribution < 1.29 is 4.79 Å². The predicted octanol–water partition coefficient (Wildman–Crippen LogP) is 1.92. The first-order valence-corrected chi connectivity index (χ1v) is 6.52. The average Bonchev–Trinajstić information content (AvgIpc) is 2.31. The first-order valence-electron chi connectivity index (χ1n) is 6.52. The van der Waals surface area contributed by atoms with Gasteiger partial charge in [-0.3, -0.25) is 9.69 Å². The van der Waals surface area contributed by atoms with Crippen LogP contribution in [0.5, 0.6) is 0 Å². The van der Waals surface area contributed by atoms with E-state index in [-0.39, 0.29) is 24.4 Å². The van der Waals surface area contributed by atoms with Gasteiger partial charge in [0, 0.05) is 24.7 Å². The zero-order valence-electron chi connectivity index (χ0n) is 11.0. The highest BCUT2D eigenvalue weighted by molar-refractivity contribution is 5.85. The van der Waals surface area contributed by atoms with Crippen molar-refractivity contribution >= 4 is 24.0 Å². The maximum atomic E-state index is 11.1. The molecular weight excluding hydrogens is 262 g/mol. The summed E-state index contributed by atoms with van der Waals surface area (Å²) in [7, 11) is 0. The number of nitrogens with two attached hydrogens (primary N) is 2. The van der Waals surface area contributed by atoms with Gasteiger partial charge in [-0.25, -0.2) is 0 Å². The molecule has 1 fully saturated rings. The lowest BCUT2D eigenvalue weighted by molar-refractivity contribution is -0.119. The van der Waals surface area contributed by atoms with E-state index in [1.807, 2.05) is 18.2 Å². The van der Waals surface area contributed by atoms with Crippen molar-refractivity contribution in [3.63, 3.8) is 0 Å². The number of piperidine rings is 1. The molecule has 1 aromatic rings. The Kier molecular flexibility index (Phi) is 6.12. The van der Waals surface area contributed by atoms with Crippen LogP contribution in [0.4, 0.5) is 5.69 Å². The Morgan fingerprint density at radius 2 is 2.16 bits per heavy atom. The number of amides is 1. The number of primary amides is 1. The number of rotatable bonds is 4. The molecule has 0 spiro atoms. The van der Waals surface area contributed by atoms with E-state index in [4.69, 9.17) is 11.5 Å². The molecule has 0 radical (unpaired) electrons. The summed E-state index contributed by atoms with van der Waals surface area (Å²) in [5.74, 6) is -0.209. The van der Waals surface area contributed by atoms with E-state index >= 15 is 0 Å². The standard InChI is InChI=1S/C14H21N3O.ClH/c15-12-5-3-4-11(8-12)10-17-7-2-1-6-13(17)9-14(16)18;/h3-5,8,13H,1-2,6-7,9-10,15H2,(H2,16,18);1H. The molecule has 1 aliphatic heterocycles. The molecule has 1 aliphatic rings. The summed E-state index contributed by atoms with van der Waals surface area (Å²) in [4.78, 5) is 13.4. The Morgan fingerprint density at radius 1 is 1.37 bits per heavy atom. The van der Waals surface area contributed by atoms with Crippen LogP contribution in [-0.2, 0) is 11.3 Å². The molecule has 2 rings (SSSR count). The summed E-state index contributed by atoms with van der Waals surface area (Å²) in [5, 5.41) is 0. The second kappa shape index (κ2) is 7.36. The fourth-order valence-corrected chi connectivity index (χ4v) is 2.66. The number of benzene rings is 1. The normalized spacial score (nSPS) is 19.7. The van der Waals surface area contributed by atoms with Gasteiger partial charge < -0.3 is 11.5 Å². The molecule has 19 heavy (non-hydrogen) atoms. The van der Waals surface area contributed by atoms with Crippen LogP contribution in [0.3, 0.4) is 0 Å². The second-order valence-corrected chi connectivity index (χ2v) is 5.04. The zero-order valence-corrected chi connectivity index (χ0v) is 11.9. The first kappa shape index (κ1) is 15.8. The number of hydrogen-bond donors (Lipinski definition) is 2. The molecule has 0 saturated carbocycles. The van der Waals surface area contributed by atoms with Crippen LogP contribution < -0.4 is 11.5 Å². The minimum absolute atomic E-state index is 0. The number of hydrogen-bond acceptors (Lipinski definition) is 3. The van der Waals surface area contributed by atoms with Crippen molar-refractivity contribution in [1.82, 2.24) is 4.90 Å². The molecular formula is C14H22ClN3O. The van der Waals surface area contributed by atoms with E-state index < -0.39 is 0 Å². The van der Waals surface area contributed by atoms with Crippen LogP contribution in [-0.4, -0.2) is 23.4 Å². The van der Waals surface area contributed by atoms with Gasteiger partial charge in [0.15, 0.2) is 0 Å². The molecule has 1 unspecified atom stereocenters. The summed E-state index contributed by atoms with van der Waals surface area (Å²) in [5.41, 5.74) is 13.1. The lowest BCUT2D eigenvalue weighted by Gasteiger charge is -2.35. The van der Waals surface area contributed by atoms with Crippen LogP contribution in [0.2, 0.25) is 0 Å². The molecule has 4 nitrogen and oxygen atoms in total. The van der Waals surface area contributed by atoms with Gasteiger partial charge >= 0.3 is 0 Å². The smallest absolute Gasteiger partial charge is 0.218 e. The lowest BCUT2D eigenvalue weighted by Crippen LogP contribution is -2.41. The number of halogens is 1. The molecule has 5 heteroatoms. The highest BCUT2D eigenvalue weighted by Gasteiger charge is 2.23. The third-order valence-electron chi connectivity index (χ3n) is 3.52. The van der Waals surface area contributed by atoms with Gasteiger partial charge in [-0.1, -0.05) is 18.6 Å². The minimum Gasteiger partial charge on any atom is -0.399 e. The van der Waals surface area contributed by atoms with Gasteiger partial charge in [0.25, 0.3) is 0 Å². The zero-order chi connectivity index (χ0) is 13.0. The largest absolute Gasteiger partial charge is 0.399 e. The van der Waals surface area contributed by atoms with E-state index in [0.29, 0.717) is 6.42 Å². The van der Waals surface area contributed by atoms with Crippen LogP contribution in [0.15, 0.2) is 24.3 Å². The quantitative estimate of drug-likeness (QED) is 0.829. The van der Waals surface area contributed by atoms with E-state index in [1.54, 1.807) is 0 Å². The van der Waals surface area contributed by atoms with Gasteiger partial charge in [0.2, 0.25) is 5.91 Å². The average molecular weight is 284 g/mol. The van der Waals surface area contributed by atoms with Gasteiger partial charge in [-0.05, 0) is 37.1 Å². The fraction of sp³-hybridized carbons (Fsp3) is 0.500. The van der Waals surface area contributed by atoms with E-state index in [9.17, 15) is 4.79 Å². The van der Waals surface area contributed by atoms with Crippen molar-refractivity contribution in [1.29, 1.82) is 0 Å².